The Morgan fingerprint density at radius 2 is 1.95 bits per heavy atom. The molecule has 1 heterocycles. The van der Waals surface area contributed by atoms with Crippen molar-refractivity contribution < 1.29 is 4.79 Å². The van der Waals surface area contributed by atoms with Gasteiger partial charge in [0.25, 0.3) is 5.91 Å². The number of rotatable bonds is 3. The van der Waals surface area contributed by atoms with Gasteiger partial charge in [0.05, 0.1) is 0 Å². The van der Waals surface area contributed by atoms with Gasteiger partial charge >= 0.3 is 0 Å². The van der Waals surface area contributed by atoms with Gasteiger partial charge in [-0.3, -0.25) is 9.69 Å². The summed E-state index contributed by atoms with van der Waals surface area (Å²) in [4.78, 5) is 14.9. The molecule has 0 aliphatic carbocycles. The van der Waals surface area contributed by atoms with Crippen LogP contribution >= 0.6 is 0 Å². The number of hydrogen-bond acceptors (Lipinski definition) is 2. The summed E-state index contributed by atoms with van der Waals surface area (Å²) < 4.78 is 0. The lowest BCUT2D eigenvalue weighted by Crippen LogP contribution is -2.49. The van der Waals surface area contributed by atoms with Crippen LogP contribution in [0.15, 0.2) is 42.5 Å². The minimum absolute atomic E-state index is 0.0429. The molecule has 1 aliphatic rings. The largest absolute Gasteiger partial charge is 0.348 e. The molecule has 1 aliphatic heterocycles. The van der Waals surface area contributed by atoms with Gasteiger partial charge in [0.15, 0.2) is 0 Å². The molecule has 0 bridgehead atoms. The van der Waals surface area contributed by atoms with Crippen LogP contribution in [0.1, 0.15) is 37.0 Å². The fourth-order valence-electron chi connectivity index (χ4n) is 3.19. The van der Waals surface area contributed by atoms with E-state index in [0.717, 1.165) is 36.9 Å². The van der Waals surface area contributed by atoms with Gasteiger partial charge in [0.1, 0.15) is 0 Å². The Kier molecular flexibility index (Phi) is 4.44. The summed E-state index contributed by atoms with van der Waals surface area (Å²) in [6.07, 6.45) is 2.23. The molecule has 1 atom stereocenters. The number of nitrogens with zero attached hydrogens (tertiary/aromatic N) is 1. The third kappa shape index (κ3) is 3.30. The highest BCUT2D eigenvalue weighted by Crippen LogP contribution is 2.17. The molecular formula is C19H24N2O. The van der Waals surface area contributed by atoms with Gasteiger partial charge in [-0.1, -0.05) is 30.3 Å². The van der Waals surface area contributed by atoms with Crippen LogP contribution in [0.4, 0.5) is 0 Å². The molecule has 0 spiro atoms. The first kappa shape index (κ1) is 15.0. The molecule has 3 nitrogen and oxygen atoms in total. The van der Waals surface area contributed by atoms with Gasteiger partial charge in [-0.25, -0.2) is 0 Å². The number of piperidine rings is 1. The Bertz CT molecular complexity index is 665. The molecule has 3 heteroatoms. The standard InChI is InChI=1S/C19H24N2O/c1-14(2)21-11-5-8-18(13-21)20-19(22)17-10-9-15-6-3-4-7-16(15)12-17/h3-4,6-7,9-10,12,14,18H,5,8,11,13H2,1-2H3,(H,20,22)/t18-/m1/s1. The average Bonchev–Trinajstić information content (AvgIpc) is 2.54. The summed E-state index contributed by atoms with van der Waals surface area (Å²) >= 11 is 0. The van der Waals surface area contributed by atoms with Crippen LogP contribution in [0.2, 0.25) is 0 Å². The number of carbonyl (C=O) groups excluding carboxylic acids is 1. The Balaban J connectivity index is 1.70. The van der Waals surface area contributed by atoms with E-state index < -0.39 is 0 Å². The van der Waals surface area contributed by atoms with E-state index in [9.17, 15) is 4.79 Å². The van der Waals surface area contributed by atoms with E-state index in [2.05, 4.69) is 30.1 Å². The van der Waals surface area contributed by atoms with Crippen molar-refractivity contribution in [3.8, 4) is 0 Å². The zero-order valence-corrected chi connectivity index (χ0v) is 13.4. The van der Waals surface area contributed by atoms with Crippen LogP contribution in [0.25, 0.3) is 10.8 Å². The summed E-state index contributed by atoms with van der Waals surface area (Å²) in [6, 6.07) is 14.9. The van der Waals surface area contributed by atoms with Crippen molar-refractivity contribution in [3.63, 3.8) is 0 Å². The second kappa shape index (κ2) is 6.49. The molecule has 0 unspecified atom stereocenters. The average molecular weight is 296 g/mol. The molecular weight excluding hydrogens is 272 g/mol. The van der Waals surface area contributed by atoms with Gasteiger partial charge in [0.2, 0.25) is 0 Å². The number of benzene rings is 2. The van der Waals surface area contributed by atoms with Crippen molar-refractivity contribution in [2.24, 2.45) is 0 Å². The molecule has 1 saturated heterocycles. The monoisotopic (exact) mass is 296 g/mol. The number of likely N-dealkylation sites (tertiary alicyclic amines) is 1. The van der Waals surface area contributed by atoms with Crippen molar-refractivity contribution in [2.45, 2.75) is 38.8 Å². The Hall–Kier alpha value is -1.87. The summed E-state index contributed by atoms with van der Waals surface area (Å²) in [5.74, 6) is 0.0429. The van der Waals surface area contributed by atoms with E-state index in [-0.39, 0.29) is 11.9 Å². The molecule has 116 valence electrons. The van der Waals surface area contributed by atoms with Crippen molar-refractivity contribution in [3.05, 3.63) is 48.0 Å². The van der Waals surface area contributed by atoms with E-state index in [4.69, 9.17) is 0 Å². The lowest BCUT2D eigenvalue weighted by atomic mass is 10.0. The SMILES string of the molecule is CC(C)N1CCC[C@@H](NC(=O)c2ccc3ccccc3c2)C1. The van der Waals surface area contributed by atoms with E-state index in [1.54, 1.807) is 0 Å². The highest BCUT2D eigenvalue weighted by atomic mass is 16.1. The van der Waals surface area contributed by atoms with Gasteiger partial charge < -0.3 is 5.32 Å². The lowest BCUT2D eigenvalue weighted by molar-refractivity contribution is 0.0886. The molecule has 0 saturated carbocycles. The first-order valence-electron chi connectivity index (χ1n) is 8.17. The van der Waals surface area contributed by atoms with Crippen molar-refractivity contribution >= 4 is 16.7 Å². The molecule has 1 N–H and O–H groups in total. The minimum atomic E-state index is 0.0429. The molecule has 2 aromatic carbocycles. The Morgan fingerprint density at radius 1 is 1.18 bits per heavy atom. The van der Waals surface area contributed by atoms with E-state index in [1.165, 1.54) is 5.39 Å². The van der Waals surface area contributed by atoms with E-state index in [1.807, 2.05) is 36.4 Å². The van der Waals surface area contributed by atoms with Gasteiger partial charge in [-0.2, -0.15) is 0 Å². The van der Waals surface area contributed by atoms with Crippen LogP contribution in [0.3, 0.4) is 0 Å². The van der Waals surface area contributed by atoms with Crippen LogP contribution in [0, 0.1) is 0 Å². The molecule has 3 rings (SSSR count). The van der Waals surface area contributed by atoms with Crippen molar-refractivity contribution in [1.29, 1.82) is 0 Å². The Morgan fingerprint density at radius 3 is 2.73 bits per heavy atom. The summed E-state index contributed by atoms with van der Waals surface area (Å²) in [5, 5.41) is 5.49. The highest BCUT2D eigenvalue weighted by molar-refractivity contribution is 5.98. The van der Waals surface area contributed by atoms with Crippen molar-refractivity contribution in [1.82, 2.24) is 10.2 Å². The second-order valence-corrected chi connectivity index (χ2v) is 6.46. The molecule has 22 heavy (non-hydrogen) atoms. The topological polar surface area (TPSA) is 32.3 Å². The highest BCUT2D eigenvalue weighted by Gasteiger charge is 2.23. The fourth-order valence-corrected chi connectivity index (χ4v) is 3.19. The second-order valence-electron chi connectivity index (χ2n) is 6.46. The Labute approximate surface area is 132 Å². The smallest absolute Gasteiger partial charge is 0.251 e. The predicted octanol–water partition coefficient (Wildman–Crippen LogP) is 3.44. The van der Waals surface area contributed by atoms with Crippen LogP contribution in [0.5, 0.6) is 0 Å². The number of nitrogens with one attached hydrogen (secondary N) is 1. The number of amides is 1. The molecule has 1 amide bonds. The van der Waals surface area contributed by atoms with Gasteiger partial charge in [-0.05, 0) is 56.1 Å². The summed E-state index contributed by atoms with van der Waals surface area (Å²) in [6.45, 7) is 6.53. The third-order valence-electron chi connectivity index (χ3n) is 4.53. The molecule has 0 aromatic heterocycles. The first-order valence-corrected chi connectivity index (χ1v) is 8.17. The normalized spacial score (nSPS) is 19.5. The zero-order valence-electron chi connectivity index (χ0n) is 13.4. The quantitative estimate of drug-likeness (QED) is 0.941. The minimum Gasteiger partial charge on any atom is -0.348 e. The van der Waals surface area contributed by atoms with Crippen molar-refractivity contribution in [2.75, 3.05) is 13.1 Å². The molecule has 1 fully saturated rings. The maximum absolute atomic E-state index is 12.5. The van der Waals surface area contributed by atoms with E-state index >= 15 is 0 Å². The van der Waals surface area contributed by atoms with Gasteiger partial charge in [0, 0.05) is 24.2 Å². The molecule has 2 aromatic rings. The predicted molar refractivity (Wildman–Crippen MR) is 91.1 cm³/mol. The van der Waals surface area contributed by atoms with Gasteiger partial charge in [-0.15, -0.1) is 0 Å². The molecule has 0 radical (unpaired) electrons. The number of carbonyl (C=O) groups is 1. The van der Waals surface area contributed by atoms with E-state index in [0.29, 0.717) is 6.04 Å². The maximum Gasteiger partial charge on any atom is 0.251 e. The van der Waals surface area contributed by atoms with Crippen LogP contribution in [-0.2, 0) is 0 Å². The first-order chi connectivity index (χ1) is 10.6. The third-order valence-corrected chi connectivity index (χ3v) is 4.53. The van der Waals surface area contributed by atoms with Crippen LogP contribution < -0.4 is 5.32 Å². The summed E-state index contributed by atoms with van der Waals surface area (Å²) in [5.41, 5.74) is 0.750. The van der Waals surface area contributed by atoms with Crippen LogP contribution in [-0.4, -0.2) is 36.0 Å². The maximum atomic E-state index is 12.5. The summed E-state index contributed by atoms with van der Waals surface area (Å²) in [7, 11) is 0. The number of hydrogen-bond donors (Lipinski definition) is 1. The zero-order chi connectivity index (χ0) is 15.5. The lowest BCUT2D eigenvalue weighted by Gasteiger charge is -2.35. The fraction of sp³-hybridized carbons (Fsp3) is 0.421. The number of fused-ring (bicyclic) bond motifs is 1.